The van der Waals surface area contributed by atoms with E-state index in [2.05, 4.69) is 53.4 Å². The zero-order chi connectivity index (χ0) is 37.5. The molecule has 9 heteroatoms. The van der Waals surface area contributed by atoms with Gasteiger partial charge in [0.2, 0.25) is 5.91 Å². The summed E-state index contributed by atoms with van der Waals surface area (Å²) >= 11 is 1.23. The van der Waals surface area contributed by atoms with Crippen molar-refractivity contribution in [2.24, 2.45) is 62.1 Å². The summed E-state index contributed by atoms with van der Waals surface area (Å²) in [6.45, 7) is 22.3. The minimum Gasteiger partial charge on any atom is -0.481 e. The van der Waals surface area contributed by atoms with Crippen LogP contribution in [-0.2, 0) is 25.7 Å². The van der Waals surface area contributed by atoms with Crippen LogP contribution in [0.5, 0.6) is 0 Å². The molecule has 10 atom stereocenters. The van der Waals surface area contributed by atoms with Gasteiger partial charge in [0.05, 0.1) is 23.8 Å². The molecule has 6 rings (SSSR count). The van der Waals surface area contributed by atoms with Crippen LogP contribution in [0, 0.1) is 62.1 Å². The molecule has 51 heavy (non-hydrogen) atoms. The molecule has 5 fully saturated rings. The van der Waals surface area contributed by atoms with Gasteiger partial charge in [0.15, 0.2) is 0 Å². The predicted molar refractivity (Wildman–Crippen MR) is 198 cm³/mol. The second kappa shape index (κ2) is 12.7. The normalized spacial score (nSPS) is 39.8. The third kappa shape index (κ3) is 5.81. The minimum absolute atomic E-state index is 0.0659. The molecular formula is C42H61NO7S. The highest BCUT2D eigenvalue weighted by atomic mass is 32.1. The van der Waals surface area contributed by atoms with Gasteiger partial charge in [-0.15, -0.1) is 11.3 Å². The molecular weight excluding hydrogens is 663 g/mol. The zero-order valence-corrected chi connectivity index (χ0v) is 33.0. The molecule has 3 N–H and O–H groups in total. The number of carbonyl (C=O) groups is 4. The van der Waals surface area contributed by atoms with Gasteiger partial charge in [-0.1, -0.05) is 46.8 Å². The first kappa shape index (κ1) is 38.1. The first-order chi connectivity index (χ1) is 23.6. The van der Waals surface area contributed by atoms with Gasteiger partial charge in [-0.05, 0) is 143 Å². The van der Waals surface area contributed by atoms with Gasteiger partial charge in [0.25, 0.3) is 0 Å². The number of nitrogens with one attached hydrogen (secondary N) is 1. The van der Waals surface area contributed by atoms with Crippen molar-refractivity contribution in [2.75, 3.05) is 0 Å². The number of ether oxygens (including phenoxy) is 1. The number of rotatable bonds is 9. The Balaban J connectivity index is 1.24. The van der Waals surface area contributed by atoms with Crippen LogP contribution in [0.1, 0.15) is 141 Å². The fourth-order valence-electron chi connectivity index (χ4n) is 13.3. The molecule has 282 valence electrons. The molecule has 1 aromatic rings. The molecule has 0 spiro atoms. The van der Waals surface area contributed by atoms with Crippen molar-refractivity contribution in [1.82, 2.24) is 5.32 Å². The van der Waals surface area contributed by atoms with E-state index >= 15 is 0 Å². The van der Waals surface area contributed by atoms with Gasteiger partial charge in [-0.3, -0.25) is 14.4 Å². The van der Waals surface area contributed by atoms with Gasteiger partial charge >= 0.3 is 17.9 Å². The number of allylic oxidation sites excluding steroid dienone is 1. The average Bonchev–Trinajstić information content (AvgIpc) is 3.68. The Bertz CT molecular complexity index is 1610. The molecule has 5 saturated carbocycles. The van der Waals surface area contributed by atoms with E-state index in [0.717, 1.165) is 69.1 Å². The topological polar surface area (TPSA) is 130 Å². The largest absolute Gasteiger partial charge is 0.481 e. The highest BCUT2D eigenvalue weighted by molar-refractivity contribution is 7.13. The van der Waals surface area contributed by atoms with Crippen LogP contribution in [0.25, 0.3) is 0 Å². The first-order valence-corrected chi connectivity index (χ1v) is 20.1. The first-order valence-electron chi connectivity index (χ1n) is 19.3. The Morgan fingerprint density at radius 2 is 1.61 bits per heavy atom. The maximum atomic E-state index is 14.4. The fraction of sp³-hybridized carbons (Fsp3) is 0.762. The Kier molecular flexibility index (Phi) is 9.50. The van der Waals surface area contributed by atoms with Crippen molar-refractivity contribution in [3.8, 4) is 0 Å². The lowest BCUT2D eigenvalue weighted by atomic mass is 9.32. The lowest BCUT2D eigenvalue weighted by molar-refractivity contribution is -0.249. The van der Waals surface area contributed by atoms with E-state index in [4.69, 9.17) is 4.74 Å². The number of aromatic carboxylic acids is 1. The van der Waals surface area contributed by atoms with E-state index in [1.807, 2.05) is 6.07 Å². The summed E-state index contributed by atoms with van der Waals surface area (Å²) in [7, 11) is 0. The van der Waals surface area contributed by atoms with Gasteiger partial charge in [0, 0.05) is 10.3 Å². The van der Waals surface area contributed by atoms with Crippen molar-refractivity contribution in [3.63, 3.8) is 0 Å². The maximum Gasteiger partial charge on any atom is 0.345 e. The van der Waals surface area contributed by atoms with Crippen molar-refractivity contribution in [3.05, 3.63) is 34.0 Å². The number of hydrogen-bond donors (Lipinski definition) is 3. The lowest BCUT2D eigenvalue weighted by Crippen LogP contribution is -2.67. The number of fused-ring (bicyclic) bond motifs is 7. The molecule has 0 aromatic carbocycles. The number of amides is 1. The van der Waals surface area contributed by atoms with E-state index in [9.17, 15) is 29.4 Å². The Morgan fingerprint density at radius 1 is 0.902 bits per heavy atom. The quantitative estimate of drug-likeness (QED) is 0.171. The molecule has 1 amide bonds. The molecule has 5 aliphatic carbocycles. The lowest BCUT2D eigenvalue weighted by Gasteiger charge is -2.72. The third-order valence-electron chi connectivity index (χ3n) is 16.2. The molecule has 0 saturated heterocycles. The number of thiophene rings is 1. The third-order valence-corrected chi connectivity index (χ3v) is 17.3. The number of carboxylic acids is 2. The van der Waals surface area contributed by atoms with Crippen LogP contribution >= 0.6 is 11.3 Å². The molecule has 0 aliphatic heterocycles. The van der Waals surface area contributed by atoms with E-state index in [0.29, 0.717) is 30.2 Å². The van der Waals surface area contributed by atoms with Crippen LogP contribution < -0.4 is 5.32 Å². The average molecular weight is 724 g/mol. The van der Waals surface area contributed by atoms with Gasteiger partial charge < -0.3 is 20.3 Å². The monoisotopic (exact) mass is 723 g/mol. The number of hydrogen-bond acceptors (Lipinski definition) is 6. The van der Waals surface area contributed by atoms with Crippen LogP contribution in [0.4, 0.5) is 0 Å². The van der Waals surface area contributed by atoms with Crippen molar-refractivity contribution < 1.29 is 34.1 Å². The second-order valence-corrected chi connectivity index (χ2v) is 20.5. The molecule has 5 aliphatic rings. The van der Waals surface area contributed by atoms with E-state index in [1.54, 1.807) is 19.9 Å². The van der Waals surface area contributed by atoms with Crippen LogP contribution in [-0.4, -0.2) is 40.1 Å². The highest BCUT2D eigenvalue weighted by Crippen LogP contribution is 2.77. The number of carboxylic acid groups (broad SMARTS) is 2. The molecule has 8 nitrogen and oxygen atoms in total. The summed E-state index contributed by atoms with van der Waals surface area (Å²) < 4.78 is 6.15. The summed E-state index contributed by atoms with van der Waals surface area (Å²) in [5.74, 6) is -0.376. The van der Waals surface area contributed by atoms with Crippen LogP contribution in [0.3, 0.4) is 0 Å². The van der Waals surface area contributed by atoms with Gasteiger partial charge in [-0.2, -0.15) is 0 Å². The smallest absolute Gasteiger partial charge is 0.345 e. The van der Waals surface area contributed by atoms with E-state index < -0.39 is 28.7 Å². The number of carbonyl (C=O) groups excluding carboxylic acids is 2. The predicted octanol–water partition coefficient (Wildman–Crippen LogP) is 9.13. The summed E-state index contributed by atoms with van der Waals surface area (Å²) in [5.41, 5.74) is -0.408. The Labute approximate surface area is 308 Å². The standard InChI is InChI=1S/C42H61NO7S/c1-24(2)26-14-19-42(35(47)43-23-25-10-12-28(51-25)34(45)46)21-20-40(8)27(33(26)42)11-13-30-39(7)17-16-31(50-32(44)22-37(3,4)36(48)49)38(5,6)29(39)15-18-41(30,40)9/h10,12,26-27,29-31,33H,1,11,13-23H2,2-9H3,(H,43,47)(H,45,46)(H,48,49)/t26?,27?,29?,30?,31?,33?,39?,40-,41?,42?/m1/s1. The SMILES string of the molecule is C=C(C)C1CCC2(C(=O)NCc3ccc(C(=O)O)s3)CC[C@]3(C)C(CCC4C5(C)CCC(OC(=O)CC(C)(C)C(=O)O)C(C)(C)C5CCC43C)C12. The Hall–Kier alpha value is -2.68. The molecule has 9 unspecified atom stereocenters. The summed E-state index contributed by atoms with van der Waals surface area (Å²) in [5, 5.41) is 22.3. The Morgan fingerprint density at radius 3 is 2.24 bits per heavy atom. The summed E-state index contributed by atoms with van der Waals surface area (Å²) in [6.07, 6.45) is 9.53. The second-order valence-electron chi connectivity index (χ2n) is 19.3. The summed E-state index contributed by atoms with van der Waals surface area (Å²) in [4.78, 5) is 51.8. The fourth-order valence-corrected chi connectivity index (χ4v) is 14.1. The van der Waals surface area contributed by atoms with Crippen molar-refractivity contribution in [1.29, 1.82) is 0 Å². The van der Waals surface area contributed by atoms with Crippen LogP contribution in [0.15, 0.2) is 24.3 Å². The highest BCUT2D eigenvalue weighted by Gasteiger charge is 2.72. The number of esters is 1. The zero-order valence-electron chi connectivity index (χ0n) is 32.2. The van der Waals surface area contributed by atoms with Gasteiger partial charge in [0.1, 0.15) is 11.0 Å². The molecule has 1 aromatic heterocycles. The van der Waals surface area contributed by atoms with E-state index in [-0.39, 0.29) is 50.9 Å². The number of aliphatic carboxylic acids is 1. The molecule has 1 heterocycles. The molecule has 0 bridgehead atoms. The minimum atomic E-state index is -1.16. The van der Waals surface area contributed by atoms with Crippen molar-refractivity contribution in [2.45, 2.75) is 139 Å². The summed E-state index contributed by atoms with van der Waals surface area (Å²) in [6, 6.07) is 3.43. The van der Waals surface area contributed by atoms with E-state index in [1.165, 1.54) is 16.9 Å². The van der Waals surface area contributed by atoms with Crippen molar-refractivity contribution >= 4 is 35.2 Å². The maximum absolute atomic E-state index is 14.4. The van der Waals surface area contributed by atoms with Crippen LogP contribution in [0.2, 0.25) is 0 Å². The van der Waals surface area contributed by atoms with Gasteiger partial charge in [-0.25, -0.2) is 4.79 Å². The molecule has 0 radical (unpaired) electrons.